The Kier molecular flexibility index (Phi) is 4.26. The molecule has 0 saturated heterocycles. The molecular formula is C13H20N4O3. The van der Waals surface area contributed by atoms with Gasteiger partial charge in [0, 0.05) is 25.5 Å². The van der Waals surface area contributed by atoms with Crippen LogP contribution in [0.3, 0.4) is 0 Å². The molecule has 0 fully saturated rings. The number of imidazole rings is 1. The number of rotatable bonds is 4. The van der Waals surface area contributed by atoms with Gasteiger partial charge < -0.3 is 19.9 Å². The number of nitrogens with one attached hydrogen (secondary N) is 1. The van der Waals surface area contributed by atoms with Crippen molar-refractivity contribution in [3.8, 4) is 0 Å². The van der Waals surface area contributed by atoms with E-state index in [1.54, 1.807) is 11.1 Å². The average molecular weight is 280 g/mol. The third-order valence-corrected chi connectivity index (χ3v) is 3.79. The number of carboxylic acids is 1. The number of amides is 2. The molecule has 2 rings (SSSR count). The lowest BCUT2D eigenvalue weighted by Gasteiger charge is -2.30. The molecule has 2 atom stereocenters. The van der Waals surface area contributed by atoms with Gasteiger partial charge in [-0.1, -0.05) is 20.3 Å². The number of fused-ring (bicyclic) bond motifs is 1. The normalized spacial score (nSPS) is 17.2. The first-order valence-electron chi connectivity index (χ1n) is 6.81. The number of aliphatic carboxylic acids is 1. The predicted octanol–water partition coefficient (Wildman–Crippen LogP) is 0.908. The Morgan fingerprint density at radius 3 is 2.90 bits per heavy atom. The van der Waals surface area contributed by atoms with Gasteiger partial charge in [0.1, 0.15) is 11.9 Å². The fourth-order valence-corrected chi connectivity index (χ4v) is 2.25. The van der Waals surface area contributed by atoms with Gasteiger partial charge in [-0.25, -0.2) is 14.6 Å². The van der Waals surface area contributed by atoms with Gasteiger partial charge in [0.25, 0.3) is 0 Å². The molecule has 2 unspecified atom stereocenters. The number of aromatic nitrogens is 2. The highest BCUT2D eigenvalue weighted by atomic mass is 16.4. The van der Waals surface area contributed by atoms with Crippen LogP contribution >= 0.6 is 0 Å². The van der Waals surface area contributed by atoms with Gasteiger partial charge in [-0.15, -0.1) is 0 Å². The van der Waals surface area contributed by atoms with Crippen LogP contribution in [-0.4, -0.2) is 44.1 Å². The molecule has 0 aliphatic carbocycles. The maximum atomic E-state index is 12.2. The first kappa shape index (κ1) is 14.4. The van der Waals surface area contributed by atoms with Crippen LogP contribution in [0.2, 0.25) is 0 Å². The number of hydrogen-bond acceptors (Lipinski definition) is 3. The summed E-state index contributed by atoms with van der Waals surface area (Å²) < 4.78 is 1.99. The lowest BCUT2D eigenvalue weighted by Crippen LogP contribution is -2.52. The summed E-state index contributed by atoms with van der Waals surface area (Å²) in [7, 11) is 0. The molecule has 7 nitrogen and oxygen atoms in total. The SMILES string of the molecule is CCC(C)C(NC(=O)N1CCn2ccnc2C1)C(=O)O. The Bertz CT molecular complexity index is 500. The predicted molar refractivity (Wildman–Crippen MR) is 72.0 cm³/mol. The standard InChI is InChI=1S/C13H20N4O3/c1-3-9(2)11(12(18)19)15-13(20)17-7-6-16-5-4-14-10(16)8-17/h4-5,9,11H,3,6-8H2,1-2H3,(H,15,20)(H,18,19). The first-order valence-corrected chi connectivity index (χ1v) is 6.81. The summed E-state index contributed by atoms with van der Waals surface area (Å²) in [6, 6.07) is -1.19. The van der Waals surface area contributed by atoms with Gasteiger partial charge in [0.05, 0.1) is 6.54 Å². The number of urea groups is 1. The van der Waals surface area contributed by atoms with Crippen molar-refractivity contribution in [2.24, 2.45) is 5.92 Å². The van der Waals surface area contributed by atoms with E-state index in [1.807, 2.05) is 24.6 Å². The van der Waals surface area contributed by atoms with Crippen molar-refractivity contribution >= 4 is 12.0 Å². The van der Waals surface area contributed by atoms with Crippen LogP contribution in [-0.2, 0) is 17.9 Å². The lowest BCUT2D eigenvalue weighted by molar-refractivity contribution is -0.140. The van der Waals surface area contributed by atoms with E-state index >= 15 is 0 Å². The van der Waals surface area contributed by atoms with E-state index in [-0.39, 0.29) is 11.9 Å². The van der Waals surface area contributed by atoms with Crippen molar-refractivity contribution < 1.29 is 14.7 Å². The minimum Gasteiger partial charge on any atom is -0.480 e. The van der Waals surface area contributed by atoms with Crippen molar-refractivity contribution in [2.45, 2.75) is 39.4 Å². The molecule has 0 aromatic carbocycles. The van der Waals surface area contributed by atoms with Crippen LogP contribution in [0.5, 0.6) is 0 Å². The largest absolute Gasteiger partial charge is 0.480 e. The Balaban J connectivity index is 2.00. The van der Waals surface area contributed by atoms with E-state index in [0.717, 1.165) is 5.82 Å². The summed E-state index contributed by atoms with van der Waals surface area (Å²) in [5, 5.41) is 11.8. The van der Waals surface area contributed by atoms with Gasteiger partial charge in [0.2, 0.25) is 0 Å². The second kappa shape index (κ2) is 5.94. The molecule has 1 aromatic rings. The number of nitrogens with zero attached hydrogens (tertiary/aromatic N) is 3. The second-order valence-corrected chi connectivity index (χ2v) is 5.11. The highest BCUT2D eigenvalue weighted by Crippen LogP contribution is 2.12. The Morgan fingerprint density at radius 1 is 1.50 bits per heavy atom. The van der Waals surface area contributed by atoms with Gasteiger partial charge in [-0.3, -0.25) is 0 Å². The Labute approximate surface area is 117 Å². The highest BCUT2D eigenvalue weighted by molar-refractivity contribution is 5.82. The second-order valence-electron chi connectivity index (χ2n) is 5.11. The van der Waals surface area contributed by atoms with Crippen LogP contribution < -0.4 is 5.32 Å². The molecule has 7 heteroatoms. The van der Waals surface area contributed by atoms with E-state index in [2.05, 4.69) is 10.3 Å². The minimum atomic E-state index is -0.994. The molecule has 1 aliphatic rings. The maximum absolute atomic E-state index is 12.2. The molecule has 1 aromatic heterocycles. The number of hydrogen-bond donors (Lipinski definition) is 2. The molecule has 0 saturated carbocycles. The molecular weight excluding hydrogens is 260 g/mol. The smallest absolute Gasteiger partial charge is 0.326 e. The minimum absolute atomic E-state index is 0.108. The molecule has 0 spiro atoms. The van der Waals surface area contributed by atoms with E-state index in [4.69, 9.17) is 0 Å². The van der Waals surface area contributed by atoms with Crippen LogP contribution in [0.1, 0.15) is 26.1 Å². The summed E-state index contributed by atoms with van der Waals surface area (Å²) in [5.74, 6) is -0.281. The summed E-state index contributed by atoms with van der Waals surface area (Å²) >= 11 is 0. The molecule has 2 N–H and O–H groups in total. The van der Waals surface area contributed by atoms with Gasteiger partial charge in [-0.05, 0) is 5.92 Å². The van der Waals surface area contributed by atoms with Gasteiger partial charge in [0.15, 0.2) is 0 Å². The molecule has 1 aliphatic heterocycles. The first-order chi connectivity index (χ1) is 9.52. The molecule has 20 heavy (non-hydrogen) atoms. The fraction of sp³-hybridized carbons (Fsp3) is 0.615. The average Bonchev–Trinajstić information content (AvgIpc) is 2.90. The Hall–Kier alpha value is -2.05. The number of carboxylic acid groups (broad SMARTS) is 1. The molecule has 0 radical (unpaired) electrons. The summed E-state index contributed by atoms with van der Waals surface area (Å²) in [4.78, 5) is 29.2. The molecule has 0 bridgehead atoms. The van der Waals surface area contributed by atoms with Crippen LogP contribution in [0.15, 0.2) is 12.4 Å². The fourth-order valence-electron chi connectivity index (χ4n) is 2.25. The number of carbonyl (C=O) groups excluding carboxylic acids is 1. The van der Waals surface area contributed by atoms with Crippen molar-refractivity contribution in [1.82, 2.24) is 19.8 Å². The highest BCUT2D eigenvalue weighted by Gasteiger charge is 2.29. The zero-order chi connectivity index (χ0) is 14.7. The topological polar surface area (TPSA) is 87.5 Å². The van der Waals surface area contributed by atoms with Crippen molar-refractivity contribution in [1.29, 1.82) is 0 Å². The third-order valence-electron chi connectivity index (χ3n) is 3.79. The molecule has 110 valence electrons. The van der Waals surface area contributed by atoms with Crippen molar-refractivity contribution in [3.63, 3.8) is 0 Å². The zero-order valence-electron chi connectivity index (χ0n) is 11.7. The van der Waals surface area contributed by atoms with E-state index in [1.165, 1.54) is 0 Å². The Morgan fingerprint density at radius 2 is 2.25 bits per heavy atom. The quantitative estimate of drug-likeness (QED) is 0.858. The maximum Gasteiger partial charge on any atom is 0.326 e. The third kappa shape index (κ3) is 2.92. The monoisotopic (exact) mass is 280 g/mol. The van der Waals surface area contributed by atoms with Gasteiger partial charge in [-0.2, -0.15) is 0 Å². The van der Waals surface area contributed by atoms with Gasteiger partial charge >= 0.3 is 12.0 Å². The summed E-state index contributed by atoms with van der Waals surface area (Å²) in [6.07, 6.45) is 4.28. The lowest BCUT2D eigenvalue weighted by atomic mass is 9.99. The molecule has 2 amide bonds. The van der Waals surface area contributed by atoms with E-state index in [0.29, 0.717) is 26.1 Å². The van der Waals surface area contributed by atoms with E-state index < -0.39 is 12.0 Å². The van der Waals surface area contributed by atoms with E-state index in [9.17, 15) is 14.7 Å². The molecule has 2 heterocycles. The number of carbonyl (C=O) groups is 2. The van der Waals surface area contributed by atoms with Crippen molar-refractivity contribution in [2.75, 3.05) is 6.54 Å². The van der Waals surface area contributed by atoms with Crippen molar-refractivity contribution in [3.05, 3.63) is 18.2 Å². The van der Waals surface area contributed by atoms with Crippen LogP contribution in [0, 0.1) is 5.92 Å². The summed E-state index contributed by atoms with van der Waals surface area (Å²) in [5.41, 5.74) is 0. The zero-order valence-corrected chi connectivity index (χ0v) is 11.7. The van der Waals surface area contributed by atoms with Crippen LogP contribution in [0.25, 0.3) is 0 Å². The van der Waals surface area contributed by atoms with Crippen LogP contribution in [0.4, 0.5) is 4.79 Å². The summed E-state index contributed by atoms with van der Waals surface area (Å²) in [6.45, 7) is 5.38.